The first-order valence-electron chi connectivity index (χ1n) is 11.6. The predicted octanol–water partition coefficient (Wildman–Crippen LogP) is 2.97. The van der Waals surface area contributed by atoms with Crippen LogP contribution in [-0.2, 0) is 10.0 Å². The lowest BCUT2D eigenvalue weighted by atomic mass is 9.53. The molecule has 1 unspecified atom stereocenters. The molecule has 5 aliphatic rings. The van der Waals surface area contributed by atoms with E-state index in [4.69, 9.17) is 4.74 Å². The maximum atomic E-state index is 12.9. The number of nitrogens with one attached hydrogen (secondary N) is 2. The third-order valence-electron chi connectivity index (χ3n) is 7.91. The van der Waals surface area contributed by atoms with E-state index in [-0.39, 0.29) is 22.4 Å². The fourth-order valence-electron chi connectivity index (χ4n) is 6.86. The van der Waals surface area contributed by atoms with Gasteiger partial charge in [0.05, 0.1) is 12.0 Å². The number of hydrogen-bond donors (Lipinski definition) is 2. The SMILES string of the molecule is COc1ccc(S(=O)(=O)N2CCC(CNC(=O)NC34CC5CC(CC(C5)C3)C4)C2)cc1. The predicted molar refractivity (Wildman–Crippen MR) is 117 cm³/mol. The molecule has 5 fully saturated rings. The summed E-state index contributed by atoms with van der Waals surface area (Å²) in [6.07, 6.45) is 8.19. The molecule has 1 saturated heterocycles. The van der Waals surface area contributed by atoms with Crippen LogP contribution < -0.4 is 15.4 Å². The molecule has 0 radical (unpaired) electrons. The van der Waals surface area contributed by atoms with E-state index in [1.54, 1.807) is 31.4 Å². The van der Waals surface area contributed by atoms with Crippen molar-refractivity contribution in [2.24, 2.45) is 23.7 Å². The Morgan fingerprint density at radius 3 is 2.29 bits per heavy atom. The number of ether oxygens (including phenoxy) is 1. The van der Waals surface area contributed by atoms with Gasteiger partial charge in [-0.25, -0.2) is 13.2 Å². The molecule has 31 heavy (non-hydrogen) atoms. The standard InChI is InChI=1S/C23H33N3O4S/c1-30-20-2-4-21(5-3-20)31(28,29)26-7-6-16(15-26)14-24-22(27)25-23-11-17-8-18(12-23)10-19(9-17)13-23/h2-5,16-19H,6-15H2,1H3,(H2,24,25,27). The van der Waals surface area contributed by atoms with Gasteiger partial charge in [0.25, 0.3) is 0 Å². The van der Waals surface area contributed by atoms with Crippen LogP contribution in [0.4, 0.5) is 4.79 Å². The monoisotopic (exact) mass is 447 g/mol. The number of nitrogens with zero attached hydrogens (tertiary/aromatic N) is 1. The van der Waals surface area contributed by atoms with E-state index in [1.807, 2.05) is 0 Å². The number of rotatable bonds is 6. The van der Waals surface area contributed by atoms with E-state index in [0.717, 1.165) is 43.4 Å². The first-order valence-corrected chi connectivity index (χ1v) is 13.0. The normalized spacial score (nSPS) is 34.6. The van der Waals surface area contributed by atoms with Gasteiger partial charge in [-0.3, -0.25) is 0 Å². The van der Waals surface area contributed by atoms with Crippen molar-refractivity contribution < 1.29 is 17.9 Å². The second-order valence-corrected chi connectivity index (χ2v) is 12.2. The molecule has 1 aromatic rings. The van der Waals surface area contributed by atoms with Gasteiger partial charge < -0.3 is 15.4 Å². The number of amides is 2. The lowest BCUT2D eigenvalue weighted by Gasteiger charge is -2.56. The van der Waals surface area contributed by atoms with Gasteiger partial charge in [-0.15, -0.1) is 0 Å². The van der Waals surface area contributed by atoms with E-state index >= 15 is 0 Å². The largest absolute Gasteiger partial charge is 0.497 e. The average Bonchev–Trinajstić information content (AvgIpc) is 3.21. The van der Waals surface area contributed by atoms with E-state index in [2.05, 4.69) is 10.6 Å². The summed E-state index contributed by atoms with van der Waals surface area (Å²) < 4.78 is 32.5. The van der Waals surface area contributed by atoms with Crippen LogP contribution in [0.15, 0.2) is 29.2 Å². The Morgan fingerprint density at radius 1 is 1.10 bits per heavy atom. The highest BCUT2D eigenvalue weighted by molar-refractivity contribution is 7.89. The third-order valence-corrected chi connectivity index (χ3v) is 9.79. The van der Waals surface area contributed by atoms with Crippen molar-refractivity contribution in [3.05, 3.63) is 24.3 Å². The highest BCUT2D eigenvalue weighted by Crippen LogP contribution is 2.55. The fourth-order valence-corrected chi connectivity index (χ4v) is 8.40. The van der Waals surface area contributed by atoms with Gasteiger partial charge in [-0.05, 0) is 92.9 Å². The number of carbonyl (C=O) groups excluding carboxylic acids is 1. The summed E-state index contributed by atoms with van der Waals surface area (Å²) in [6.45, 7) is 1.43. The van der Waals surface area contributed by atoms with Crippen molar-refractivity contribution in [1.29, 1.82) is 0 Å². The van der Waals surface area contributed by atoms with E-state index < -0.39 is 10.0 Å². The Bertz CT molecular complexity index is 895. The van der Waals surface area contributed by atoms with Crippen LogP contribution in [-0.4, -0.2) is 51.0 Å². The molecule has 4 aliphatic carbocycles. The van der Waals surface area contributed by atoms with Crippen molar-refractivity contribution in [3.8, 4) is 5.75 Å². The Kier molecular flexibility index (Phi) is 5.41. The zero-order chi connectivity index (χ0) is 21.6. The zero-order valence-corrected chi connectivity index (χ0v) is 19.0. The molecule has 1 atom stereocenters. The summed E-state index contributed by atoms with van der Waals surface area (Å²) in [4.78, 5) is 13.0. The summed E-state index contributed by atoms with van der Waals surface area (Å²) in [5.41, 5.74) is -0.00174. The van der Waals surface area contributed by atoms with Crippen molar-refractivity contribution in [2.45, 2.75) is 55.4 Å². The van der Waals surface area contributed by atoms with Gasteiger partial charge in [0.15, 0.2) is 0 Å². The molecule has 7 nitrogen and oxygen atoms in total. The van der Waals surface area contributed by atoms with Crippen molar-refractivity contribution in [3.63, 3.8) is 0 Å². The quantitative estimate of drug-likeness (QED) is 0.702. The van der Waals surface area contributed by atoms with Crippen LogP contribution in [0.5, 0.6) is 5.75 Å². The van der Waals surface area contributed by atoms with Gasteiger partial charge in [0.2, 0.25) is 10.0 Å². The topological polar surface area (TPSA) is 87.7 Å². The Hall–Kier alpha value is -1.80. The third kappa shape index (κ3) is 4.16. The van der Waals surface area contributed by atoms with Gasteiger partial charge in [0, 0.05) is 25.2 Å². The minimum absolute atomic E-state index is 0.00174. The second-order valence-electron chi connectivity index (χ2n) is 10.2. The zero-order valence-electron chi connectivity index (χ0n) is 18.2. The Morgan fingerprint density at radius 2 is 1.71 bits per heavy atom. The van der Waals surface area contributed by atoms with Crippen LogP contribution >= 0.6 is 0 Å². The highest BCUT2D eigenvalue weighted by atomic mass is 32.2. The first kappa shape index (κ1) is 21.1. The lowest BCUT2D eigenvalue weighted by Crippen LogP contribution is -2.61. The number of urea groups is 1. The van der Waals surface area contributed by atoms with Crippen LogP contribution in [0, 0.1) is 23.7 Å². The molecule has 1 heterocycles. The van der Waals surface area contributed by atoms with E-state index in [0.29, 0.717) is 25.4 Å². The molecule has 1 aliphatic heterocycles. The van der Waals surface area contributed by atoms with Gasteiger partial charge >= 0.3 is 6.03 Å². The van der Waals surface area contributed by atoms with E-state index in [9.17, 15) is 13.2 Å². The summed E-state index contributed by atoms with van der Waals surface area (Å²) in [5.74, 6) is 3.14. The van der Waals surface area contributed by atoms with Crippen LogP contribution in [0.3, 0.4) is 0 Å². The maximum Gasteiger partial charge on any atom is 0.315 e. The smallest absolute Gasteiger partial charge is 0.315 e. The molecule has 4 bridgehead atoms. The number of hydrogen-bond acceptors (Lipinski definition) is 4. The second kappa shape index (κ2) is 7.96. The Balaban J connectivity index is 1.13. The van der Waals surface area contributed by atoms with Gasteiger partial charge in [0.1, 0.15) is 5.75 Å². The molecular weight excluding hydrogens is 414 g/mol. The molecule has 0 spiro atoms. The minimum atomic E-state index is -3.52. The summed E-state index contributed by atoms with van der Waals surface area (Å²) in [6, 6.07) is 6.41. The number of sulfonamides is 1. The molecule has 2 N–H and O–H groups in total. The number of carbonyl (C=O) groups is 1. The molecule has 2 amide bonds. The lowest BCUT2D eigenvalue weighted by molar-refractivity contribution is -0.0135. The van der Waals surface area contributed by atoms with Crippen LogP contribution in [0.25, 0.3) is 0 Å². The molecule has 0 aromatic heterocycles. The molecule has 4 saturated carbocycles. The maximum absolute atomic E-state index is 12.9. The van der Waals surface area contributed by atoms with Crippen molar-refractivity contribution in [2.75, 3.05) is 26.7 Å². The van der Waals surface area contributed by atoms with Gasteiger partial charge in [-0.1, -0.05) is 0 Å². The molecule has 8 heteroatoms. The fraction of sp³-hybridized carbons (Fsp3) is 0.696. The Labute approximate surface area is 185 Å². The highest BCUT2D eigenvalue weighted by Gasteiger charge is 2.51. The van der Waals surface area contributed by atoms with Gasteiger partial charge in [-0.2, -0.15) is 4.31 Å². The van der Waals surface area contributed by atoms with Crippen LogP contribution in [0.1, 0.15) is 44.9 Å². The van der Waals surface area contributed by atoms with Crippen LogP contribution in [0.2, 0.25) is 0 Å². The molecule has 6 rings (SSSR count). The average molecular weight is 448 g/mol. The molecular formula is C23H33N3O4S. The van der Waals surface area contributed by atoms with Crippen molar-refractivity contribution in [1.82, 2.24) is 14.9 Å². The summed E-state index contributed by atoms with van der Waals surface area (Å²) in [5, 5.41) is 6.37. The van der Waals surface area contributed by atoms with E-state index in [1.165, 1.54) is 23.6 Å². The first-order chi connectivity index (χ1) is 14.8. The van der Waals surface area contributed by atoms with Crippen molar-refractivity contribution >= 4 is 16.1 Å². The summed E-state index contributed by atoms with van der Waals surface area (Å²) >= 11 is 0. The number of benzene rings is 1. The number of methoxy groups -OCH3 is 1. The summed E-state index contributed by atoms with van der Waals surface area (Å²) in [7, 11) is -1.97. The molecule has 1 aromatic carbocycles. The minimum Gasteiger partial charge on any atom is -0.497 e. The molecule has 170 valence electrons.